The molecule has 2 amide bonds. The second kappa shape index (κ2) is 6.60. The highest BCUT2D eigenvalue weighted by molar-refractivity contribution is 7.12. The summed E-state index contributed by atoms with van der Waals surface area (Å²) in [5.74, 6) is 0.227. The average molecular weight is 306 g/mol. The van der Waals surface area contributed by atoms with Gasteiger partial charge in [-0.3, -0.25) is 9.59 Å². The van der Waals surface area contributed by atoms with Gasteiger partial charge >= 0.3 is 0 Å². The minimum Gasteiger partial charge on any atom is -0.356 e. The van der Waals surface area contributed by atoms with Crippen LogP contribution in [0.15, 0.2) is 17.5 Å². The lowest BCUT2D eigenvalue weighted by molar-refractivity contribution is -0.126. The number of hydrogen-bond donors (Lipinski definition) is 1. The molecule has 2 aliphatic rings. The first kappa shape index (κ1) is 14.6. The largest absolute Gasteiger partial charge is 0.356 e. The Kier molecular flexibility index (Phi) is 4.58. The third-order valence-electron chi connectivity index (χ3n) is 4.58. The standard InChI is InChI=1S/C16H22N2O2S/c19-15-12-6-4-7-13(12)18(10-3-1-2-9-17-15)16(20)14-8-5-11-21-14/h5,8,11-13H,1-4,6-7,9-10H2,(H,17,19)/t12-,13+/m1/s1. The fraction of sp³-hybridized carbons (Fsp3) is 0.625. The molecule has 1 aliphatic heterocycles. The van der Waals surface area contributed by atoms with Crippen molar-refractivity contribution in [3.63, 3.8) is 0 Å². The van der Waals surface area contributed by atoms with Crippen LogP contribution in [0, 0.1) is 5.92 Å². The SMILES string of the molecule is O=C1NCCCCCN(C(=O)c2cccs2)[C@H]2CCC[C@@H]12. The van der Waals surface area contributed by atoms with Crippen molar-refractivity contribution < 1.29 is 9.59 Å². The Bertz CT molecular complexity index is 500. The predicted octanol–water partition coefficient (Wildman–Crippen LogP) is 2.66. The normalized spacial score (nSPS) is 27.0. The van der Waals surface area contributed by atoms with Gasteiger partial charge in [0.05, 0.1) is 10.8 Å². The van der Waals surface area contributed by atoms with Crippen LogP contribution in [-0.4, -0.2) is 35.8 Å². The van der Waals surface area contributed by atoms with Crippen LogP contribution in [0.3, 0.4) is 0 Å². The number of amides is 2. The van der Waals surface area contributed by atoms with E-state index in [1.165, 1.54) is 11.3 Å². The molecule has 4 nitrogen and oxygen atoms in total. The van der Waals surface area contributed by atoms with Gasteiger partial charge < -0.3 is 10.2 Å². The average Bonchev–Trinajstić information content (AvgIpc) is 3.16. The van der Waals surface area contributed by atoms with E-state index < -0.39 is 0 Å². The Hall–Kier alpha value is -1.36. The molecule has 21 heavy (non-hydrogen) atoms. The number of rotatable bonds is 1. The maximum absolute atomic E-state index is 12.8. The minimum absolute atomic E-state index is 0.0213. The smallest absolute Gasteiger partial charge is 0.264 e. The molecule has 0 spiro atoms. The second-order valence-corrected chi connectivity index (χ2v) is 6.88. The van der Waals surface area contributed by atoms with Crippen molar-refractivity contribution in [3.05, 3.63) is 22.4 Å². The van der Waals surface area contributed by atoms with Crippen LogP contribution in [0.4, 0.5) is 0 Å². The summed E-state index contributed by atoms with van der Waals surface area (Å²) in [6.07, 6.45) is 5.99. The van der Waals surface area contributed by atoms with Crippen molar-refractivity contribution in [2.75, 3.05) is 13.1 Å². The van der Waals surface area contributed by atoms with E-state index in [9.17, 15) is 9.59 Å². The highest BCUT2D eigenvalue weighted by atomic mass is 32.1. The van der Waals surface area contributed by atoms with E-state index in [-0.39, 0.29) is 23.8 Å². The summed E-state index contributed by atoms with van der Waals surface area (Å²) in [5.41, 5.74) is 0. The summed E-state index contributed by atoms with van der Waals surface area (Å²) >= 11 is 1.49. The Labute approximate surface area is 129 Å². The van der Waals surface area contributed by atoms with Gasteiger partial charge in [0.15, 0.2) is 0 Å². The maximum Gasteiger partial charge on any atom is 0.264 e. The van der Waals surface area contributed by atoms with Crippen molar-refractivity contribution in [3.8, 4) is 0 Å². The van der Waals surface area contributed by atoms with Crippen molar-refractivity contribution >= 4 is 23.2 Å². The van der Waals surface area contributed by atoms with Gasteiger partial charge in [-0.1, -0.05) is 12.5 Å². The van der Waals surface area contributed by atoms with E-state index >= 15 is 0 Å². The summed E-state index contributed by atoms with van der Waals surface area (Å²) in [6, 6.07) is 3.88. The maximum atomic E-state index is 12.8. The molecule has 0 aromatic carbocycles. The first-order chi connectivity index (χ1) is 10.3. The number of nitrogens with one attached hydrogen (secondary N) is 1. The van der Waals surface area contributed by atoms with Crippen LogP contribution in [0.1, 0.15) is 48.2 Å². The molecule has 1 saturated carbocycles. The molecular formula is C16H22N2O2S. The summed E-state index contributed by atoms with van der Waals surface area (Å²) in [7, 11) is 0. The number of nitrogens with zero attached hydrogens (tertiary/aromatic N) is 1. The fourth-order valence-electron chi connectivity index (χ4n) is 3.51. The molecule has 0 radical (unpaired) electrons. The topological polar surface area (TPSA) is 49.4 Å². The summed E-state index contributed by atoms with van der Waals surface area (Å²) in [5, 5.41) is 4.98. The number of fused-ring (bicyclic) bond motifs is 1. The summed E-state index contributed by atoms with van der Waals surface area (Å²) < 4.78 is 0. The quantitative estimate of drug-likeness (QED) is 0.867. The molecule has 1 aromatic rings. The van der Waals surface area contributed by atoms with Gasteiger partial charge in [0.1, 0.15) is 0 Å². The zero-order valence-electron chi connectivity index (χ0n) is 12.2. The highest BCUT2D eigenvalue weighted by Gasteiger charge is 2.39. The van der Waals surface area contributed by atoms with Gasteiger partial charge in [-0.25, -0.2) is 0 Å². The number of hydrogen-bond acceptors (Lipinski definition) is 3. The number of thiophene rings is 1. The zero-order valence-corrected chi connectivity index (χ0v) is 13.0. The van der Waals surface area contributed by atoms with E-state index in [1.54, 1.807) is 0 Å². The Morgan fingerprint density at radius 2 is 2.14 bits per heavy atom. The third-order valence-corrected chi connectivity index (χ3v) is 5.44. The van der Waals surface area contributed by atoms with E-state index in [4.69, 9.17) is 0 Å². The van der Waals surface area contributed by atoms with Gasteiger partial charge in [-0.15, -0.1) is 11.3 Å². The number of carbonyl (C=O) groups excluding carboxylic acids is 2. The summed E-state index contributed by atoms with van der Waals surface area (Å²) in [6.45, 7) is 1.56. The zero-order chi connectivity index (χ0) is 14.7. The van der Waals surface area contributed by atoms with Crippen molar-refractivity contribution in [2.45, 2.75) is 44.6 Å². The van der Waals surface area contributed by atoms with Gasteiger partial charge in [0.25, 0.3) is 5.91 Å². The molecule has 2 heterocycles. The third kappa shape index (κ3) is 3.12. The highest BCUT2D eigenvalue weighted by Crippen LogP contribution is 2.32. The summed E-state index contributed by atoms with van der Waals surface area (Å²) in [4.78, 5) is 27.9. The fourth-order valence-corrected chi connectivity index (χ4v) is 4.18. The molecule has 3 rings (SSSR count). The molecule has 114 valence electrons. The van der Waals surface area contributed by atoms with Crippen molar-refractivity contribution in [1.29, 1.82) is 0 Å². The minimum atomic E-state index is -0.0213. The first-order valence-corrected chi connectivity index (χ1v) is 8.77. The Balaban J connectivity index is 1.83. The van der Waals surface area contributed by atoms with E-state index in [2.05, 4.69) is 5.32 Å². The Morgan fingerprint density at radius 1 is 1.24 bits per heavy atom. The molecule has 2 fully saturated rings. The second-order valence-electron chi connectivity index (χ2n) is 5.93. The molecule has 2 atom stereocenters. The van der Waals surface area contributed by atoms with Gasteiger partial charge in [0, 0.05) is 19.1 Å². The lowest BCUT2D eigenvalue weighted by Gasteiger charge is -2.33. The molecule has 1 aliphatic carbocycles. The lowest BCUT2D eigenvalue weighted by atomic mass is 9.99. The van der Waals surface area contributed by atoms with Crippen molar-refractivity contribution in [1.82, 2.24) is 10.2 Å². The molecule has 0 unspecified atom stereocenters. The molecule has 1 aromatic heterocycles. The van der Waals surface area contributed by atoms with Crippen LogP contribution in [0.25, 0.3) is 0 Å². The van der Waals surface area contributed by atoms with Crippen LogP contribution >= 0.6 is 11.3 Å². The van der Waals surface area contributed by atoms with Gasteiger partial charge in [-0.2, -0.15) is 0 Å². The van der Waals surface area contributed by atoms with E-state index in [0.29, 0.717) is 0 Å². The molecule has 0 bridgehead atoms. The lowest BCUT2D eigenvalue weighted by Crippen LogP contribution is -2.48. The van der Waals surface area contributed by atoms with Crippen LogP contribution < -0.4 is 5.32 Å². The predicted molar refractivity (Wildman–Crippen MR) is 83.3 cm³/mol. The first-order valence-electron chi connectivity index (χ1n) is 7.89. The molecule has 1 N–H and O–H groups in total. The van der Waals surface area contributed by atoms with Crippen LogP contribution in [0.5, 0.6) is 0 Å². The van der Waals surface area contributed by atoms with Crippen LogP contribution in [-0.2, 0) is 4.79 Å². The van der Waals surface area contributed by atoms with Gasteiger partial charge in [-0.05, 0) is 43.6 Å². The Morgan fingerprint density at radius 3 is 2.95 bits per heavy atom. The molecule has 1 saturated heterocycles. The molecular weight excluding hydrogens is 284 g/mol. The van der Waals surface area contributed by atoms with Crippen LogP contribution in [0.2, 0.25) is 0 Å². The van der Waals surface area contributed by atoms with Crippen molar-refractivity contribution in [2.24, 2.45) is 5.92 Å². The van der Waals surface area contributed by atoms with E-state index in [1.807, 2.05) is 22.4 Å². The monoisotopic (exact) mass is 306 g/mol. The number of carbonyl (C=O) groups is 2. The molecule has 5 heteroatoms. The van der Waals surface area contributed by atoms with E-state index in [0.717, 1.165) is 56.5 Å². The van der Waals surface area contributed by atoms with Gasteiger partial charge in [0.2, 0.25) is 5.91 Å².